The number of carboxylic acids is 1. The third kappa shape index (κ3) is 1.75. The first-order valence-electron chi connectivity index (χ1n) is 1.58. The van der Waals surface area contributed by atoms with E-state index in [1.807, 2.05) is 0 Å². The van der Waals surface area contributed by atoms with Crippen LogP contribution in [0.25, 0.3) is 0 Å². The van der Waals surface area contributed by atoms with Gasteiger partial charge in [-0.15, -0.1) is 0 Å². The molecule has 0 amide bonds. The van der Waals surface area contributed by atoms with Gasteiger partial charge in [0.05, 0.1) is 0 Å². The van der Waals surface area contributed by atoms with Crippen LogP contribution in [0.5, 0.6) is 0 Å². The highest BCUT2D eigenvalue weighted by molar-refractivity contribution is 6.34. The quantitative estimate of drug-likeness (QED) is 0.375. The van der Waals surface area contributed by atoms with Crippen molar-refractivity contribution in [1.82, 2.24) is 0 Å². The molecular formula is C3H4NO3-. The zero-order chi connectivity index (χ0) is 5.86. The lowest BCUT2D eigenvalue weighted by Crippen LogP contribution is -2.06. The number of rotatable bonds is 1. The summed E-state index contributed by atoms with van der Waals surface area (Å²) in [5.41, 5.74) is -0.417. The Morgan fingerprint density at radius 3 is 2.29 bits per heavy atom. The molecule has 7 heavy (non-hydrogen) atoms. The minimum absolute atomic E-state index is 0.417. The summed E-state index contributed by atoms with van der Waals surface area (Å²) in [5.74, 6) is -1.27. The van der Waals surface area contributed by atoms with Crippen LogP contribution in [0.15, 0.2) is 5.16 Å². The van der Waals surface area contributed by atoms with Crippen LogP contribution in [-0.4, -0.2) is 16.8 Å². The summed E-state index contributed by atoms with van der Waals surface area (Å²) < 4.78 is 0. The second-order valence-electron chi connectivity index (χ2n) is 0.982. The van der Waals surface area contributed by atoms with Crippen molar-refractivity contribution >= 4 is 11.7 Å². The van der Waals surface area contributed by atoms with Crippen LogP contribution < -0.4 is 0 Å². The summed E-state index contributed by atoms with van der Waals surface area (Å²) in [6.07, 6.45) is 0. The standard InChI is InChI=1S/C3H5NO3/c1-2(4-7)3(5)6/h7H,1H3,(H,5,6)/p-1/b4-2+. The van der Waals surface area contributed by atoms with Crippen molar-refractivity contribution in [2.45, 2.75) is 6.92 Å². The van der Waals surface area contributed by atoms with Gasteiger partial charge in [0.15, 0.2) is 0 Å². The van der Waals surface area contributed by atoms with Crippen molar-refractivity contribution < 1.29 is 9.90 Å². The van der Waals surface area contributed by atoms with Crippen LogP contribution in [0.3, 0.4) is 0 Å². The van der Waals surface area contributed by atoms with Crippen molar-refractivity contribution in [3.63, 3.8) is 0 Å². The largest absolute Gasteiger partial charge is 0.792 e. The summed E-state index contributed by atoms with van der Waals surface area (Å²) in [4.78, 5) is 9.60. The Bertz CT molecular complexity index is 107. The average Bonchev–Trinajstić information content (AvgIpc) is 1.65. The Balaban J connectivity index is 3.82. The summed E-state index contributed by atoms with van der Waals surface area (Å²) in [5, 5.41) is 19.3. The molecule has 0 radical (unpaired) electrons. The molecule has 0 saturated heterocycles. The van der Waals surface area contributed by atoms with Gasteiger partial charge in [0.25, 0.3) is 0 Å². The highest BCUT2D eigenvalue weighted by Gasteiger charge is 1.94. The van der Waals surface area contributed by atoms with Gasteiger partial charge in [-0.1, -0.05) is 0 Å². The Kier molecular flexibility index (Phi) is 1.84. The van der Waals surface area contributed by atoms with Crippen molar-refractivity contribution in [2.24, 2.45) is 5.16 Å². The molecule has 1 N–H and O–H groups in total. The maximum atomic E-state index is 9.60. The van der Waals surface area contributed by atoms with Gasteiger partial charge in [-0.2, -0.15) is 0 Å². The molecule has 4 heteroatoms. The molecule has 0 heterocycles. The van der Waals surface area contributed by atoms with Gasteiger partial charge in [-0.05, 0) is 6.92 Å². The van der Waals surface area contributed by atoms with E-state index in [1.54, 1.807) is 0 Å². The monoisotopic (exact) mass is 102 g/mol. The molecule has 0 fully saturated rings. The van der Waals surface area contributed by atoms with Crippen LogP contribution in [0, 0.1) is 5.21 Å². The number of hydrogen-bond donors (Lipinski definition) is 1. The van der Waals surface area contributed by atoms with Crippen molar-refractivity contribution in [2.75, 3.05) is 0 Å². The van der Waals surface area contributed by atoms with E-state index in [0.29, 0.717) is 0 Å². The first kappa shape index (κ1) is 5.94. The predicted octanol–water partition coefficient (Wildman–Crippen LogP) is 0.0297. The smallest absolute Gasteiger partial charge is 0.349 e. The normalized spacial score (nSPS) is 11.3. The average molecular weight is 102 g/mol. The van der Waals surface area contributed by atoms with Crippen LogP contribution >= 0.6 is 0 Å². The number of carbonyl (C=O) groups is 1. The lowest BCUT2D eigenvalue weighted by Gasteiger charge is -1.91. The van der Waals surface area contributed by atoms with Gasteiger partial charge in [0.2, 0.25) is 0 Å². The van der Waals surface area contributed by atoms with Gasteiger partial charge in [-0.3, -0.25) is 0 Å². The topological polar surface area (TPSA) is 72.7 Å². The fourth-order valence-corrected chi connectivity index (χ4v) is 0.0390. The molecular weight excluding hydrogens is 98.0 g/mol. The molecule has 40 valence electrons. The van der Waals surface area contributed by atoms with E-state index in [0.717, 1.165) is 6.92 Å². The Morgan fingerprint density at radius 1 is 1.86 bits per heavy atom. The molecule has 0 aliphatic heterocycles. The highest BCUT2D eigenvalue weighted by Crippen LogP contribution is 1.72. The van der Waals surface area contributed by atoms with Gasteiger partial charge < -0.3 is 15.5 Å². The molecule has 0 rings (SSSR count). The van der Waals surface area contributed by atoms with Gasteiger partial charge in [-0.25, -0.2) is 4.79 Å². The number of carboxylic acid groups (broad SMARTS) is 1. The van der Waals surface area contributed by atoms with E-state index in [4.69, 9.17) is 5.11 Å². The third-order valence-corrected chi connectivity index (χ3v) is 0.446. The van der Waals surface area contributed by atoms with Crippen LogP contribution in [-0.2, 0) is 4.79 Å². The SMILES string of the molecule is C/C(=N\[O-])C(=O)O. The lowest BCUT2D eigenvalue weighted by molar-refractivity contribution is -0.129. The second-order valence-corrected chi connectivity index (χ2v) is 0.982. The summed E-state index contributed by atoms with van der Waals surface area (Å²) >= 11 is 0. The summed E-state index contributed by atoms with van der Waals surface area (Å²) in [6, 6.07) is 0. The van der Waals surface area contributed by atoms with Crippen LogP contribution in [0.1, 0.15) is 6.92 Å². The van der Waals surface area contributed by atoms with E-state index >= 15 is 0 Å². The number of nitrogens with zero attached hydrogens (tertiary/aromatic N) is 1. The molecule has 0 aromatic rings. The second kappa shape index (κ2) is 2.17. The minimum atomic E-state index is -1.27. The lowest BCUT2D eigenvalue weighted by atomic mass is 10.4. The summed E-state index contributed by atoms with van der Waals surface area (Å²) in [6.45, 7) is 1.13. The van der Waals surface area contributed by atoms with Crippen molar-refractivity contribution in [3.05, 3.63) is 5.21 Å². The molecule has 0 bridgehead atoms. The van der Waals surface area contributed by atoms with Gasteiger partial charge in [0, 0.05) is 0 Å². The molecule has 0 unspecified atom stereocenters. The van der Waals surface area contributed by atoms with E-state index in [-0.39, 0.29) is 0 Å². The predicted molar refractivity (Wildman–Crippen MR) is 24.1 cm³/mol. The highest BCUT2D eigenvalue weighted by atomic mass is 16.4. The fourth-order valence-electron chi connectivity index (χ4n) is 0.0390. The first-order valence-corrected chi connectivity index (χ1v) is 1.58. The van der Waals surface area contributed by atoms with Gasteiger partial charge in [0.1, 0.15) is 5.71 Å². The van der Waals surface area contributed by atoms with Crippen molar-refractivity contribution in [3.8, 4) is 0 Å². The Labute approximate surface area is 40.1 Å². The van der Waals surface area contributed by atoms with Gasteiger partial charge >= 0.3 is 5.97 Å². The van der Waals surface area contributed by atoms with E-state index in [1.165, 1.54) is 0 Å². The Morgan fingerprint density at radius 2 is 2.29 bits per heavy atom. The number of hydrogen-bond acceptors (Lipinski definition) is 3. The van der Waals surface area contributed by atoms with E-state index < -0.39 is 11.7 Å². The third-order valence-electron chi connectivity index (χ3n) is 0.446. The molecule has 0 aliphatic carbocycles. The molecule has 0 aromatic carbocycles. The molecule has 0 spiro atoms. The molecule has 4 nitrogen and oxygen atoms in total. The minimum Gasteiger partial charge on any atom is -0.792 e. The number of aliphatic carboxylic acids is 1. The van der Waals surface area contributed by atoms with E-state index in [9.17, 15) is 10.0 Å². The summed E-state index contributed by atoms with van der Waals surface area (Å²) in [7, 11) is 0. The molecule has 0 aromatic heterocycles. The first-order chi connectivity index (χ1) is 3.18. The van der Waals surface area contributed by atoms with Crippen LogP contribution in [0.2, 0.25) is 0 Å². The Hall–Kier alpha value is -1.06. The molecule has 0 atom stereocenters. The zero-order valence-corrected chi connectivity index (χ0v) is 3.71. The fraction of sp³-hybridized carbons (Fsp3) is 0.333. The molecule has 0 aliphatic rings. The van der Waals surface area contributed by atoms with Crippen LogP contribution in [0.4, 0.5) is 0 Å². The molecule has 0 saturated carbocycles. The zero-order valence-electron chi connectivity index (χ0n) is 3.71. The maximum Gasteiger partial charge on any atom is 0.349 e. The maximum absolute atomic E-state index is 9.60. The van der Waals surface area contributed by atoms with E-state index in [2.05, 4.69) is 5.16 Å². The van der Waals surface area contributed by atoms with Crippen molar-refractivity contribution in [1.29, 1.82) is 0 Å².